The van der Waals surface area contributed by atoms with Crippen molar-refractivity contribution in [3.8, 4) is 11.3 Å². The number of nitrogens with one attached hydrogen (secondary N) is 1. The second-order valence-electron chi connectivity index (χ2n) is 11.8. The smallest absolute Gasteiger partial charge is 0.348 e. The van der Waals surface area contributed by atoms with Gasteiger partial charge < -0.3 is 14.8 Å². The van der Waals surface area contributed by atoms with Crippen molar-refractivity contribution >= 4 is 27.7 Å². The molecule has 17 heteroatoms. The van der Waals surface area contributed by atoms with Gasteiger partial charge >= 0.3 is 12.7 Å². The molecule has 47 heavy (non-hydrogen) atoms. The number of hydrogen-bond acceptors (Lipinski definition) is 5. The van der Waals surface area contributed by atoms with Crippen LogP contribution in [0, 0.1) is 5.82 Å². The fraction of sp³-hybridized carbons (Fsp3) is 0.367. The molecule has 0 aliphatic carbocycles. The third-order valence-corrected chi connectivity index (χ3v) is 8.45. The number of hydrogen-bond donors (Lipinski definition) is 1. The van der Waals surface area contributed by atoms with Gasteiger partial charge in [-0.15, -0.1) is 0 Å². The number of fused-ring (bicyclic) bond motifs is 1. The van der Waals surface area contributed by atoms with E-state index in [0.717, 1.165) is 34.1 Å². The predicted octanol–water partition coefficient (Wildman–Crippen LogP) is 4.97. The minimum absolute atomic E-state index is 0.0135. The molecule has 3 aromatic heterocycles. The molecule has 250 valence electrons. The van der Waals surface area contributed by atoms with Gasteiger partial charge in [-0.05, 0) is 55.7 Å². The molecule has 0 radical (unpaired) electrons. The maximum atomic E-state index is 14.9. The average Bonchev–Trinajstić information content (AvgIpc) is 3.62. The summed E-state index contributed by atoms with van der Waals surface area (Å²) in [6.45, 7) is -0.204. The molecule has 4 aromatic rings. The fourth-order valence-electron chi connectivity index (χ4n) is 5.49. The number of alkyl halides is 5. The van der Waals surface area contributed by atoms with Crippen LogP contribution in [0.5, 0.6) is 0 Å². The zero-order valence-corrected chi connectivity index (χ0v) is 26.7. The van der Waals surface area contributed by atoms with E-state index in [1.807, 2.05) is 0 Å². The molecular formula is C30H28BrF6N7O3. The molecule has 5 rings (SSSR count). The first-order valence-electron chi connectivity index (χ1n) is 14.2. The summed E-state index contributed by atoms with van der Waals surface area (Å²) < 4.78 is 85.8. The Morgan fingerprint density at radius 2 is 1.83 bits per heavy atom. The first kappa shape index (κ1) is 33.9. The van der Waals surface area contributed by atoms with E-state index in [1.54, 1.807) is 0 Å². The Kier molecular flexibility index (Phi) is 9.14. The zero-order chi connectivity index (χ0) is 34.4. The van der Waals surface area contributed by atoms with Gasteiger partial charge in [0.1, 0.15) is 11.9 Å². The highest BCUT2D eigenvalue weighted by Crippen LogP contribution is 2.33. The number of aryl methyl sites for hydroxylation is 1. The maximum Gasteiger partial charge on any atom is 0.435 e. The van der Waals surface area contributed by atoms with Gasteiger partial charge in [-0.1, -0.05) is 15.9 Å². The number of nitrogens with zero attached hydrogens (tertiary/aromatic N) is 6. The second kappa shape index (κ2) is 12.7. The largest absolute Gasteiger partial charge is 0.435 e. The van der Waals surface area contributed by atoms with Crippen molar-refractivity contribution in [2.24, 2.45) is 7.05 Å². The van der Waals surface area contributed by atoms with Gasteiger partial charge in [0.15, 0.2) is 5.69 Å². The van der Waals surface area contributed by atoms with Gasteiger partial charge in [0.2, 0.25) is 11.5 Å². The molecule has 0 saturated heterocycles. The van der Waals surface area contributed by atoms with Crippen LogP contribution in [-0.2, 0) is 37.4 Å². The van der Waals surface area contributed by atoms with Crippen LogP contribution < -0.4 is 10.9 Å². The Labute approximate surface area is 272 Å². The van der Waals surface area contributed by atoms with Crippen LogP contribution >= 0.6 is 15.9 Å². The van der Waals surface area contributed by atoms with E-state index in [9.17, 15) is 40.7 Å². The summed E-state index contributed by atoms with van der Waals surface area (Å²) in [6, 6.07) is 4.62. The standard InChI is InChI=1S/C30H28BrF6N7O3/c1-29(2,15-44-21(11-23(40-44)30(35,36)37)17-4-7-24(45)41(3)14-17)39-26(46)22(10-16-12-38-43(13-16)28(33)34)42-9-8-18-19(31)5-6-20(32)25(18)27(42)47/h4-7,11-14,22,28H,8-10,15H2,1-3H3,(H,39,46)/t22-/m1/s1. The summed E-state index contributed by atoms with van der Waals surface area (Å²) in [5, 5.41) is 10.1. The molecule has 0 saturated carbocycles. The van der Waals surface area contributed by atoms with Crippen LogP contribution in [0.1, 0.15) is 47.6 Å². The Bertz CT molecular complexity index is 1900. The molecule has 2 amide bonds. The second-order valence-corrected chi connectivity index (χ2v) is 12.6. The van der Waals surface area contributed by atoms with Crippen molar-refractivity contribution < 1.29 is 35.9 Å². The lowest BCUT2D eigenvalue weighted by atomic mass is 9.95. The molecule has 4 heterocycles. The lowest BCUT2D eigenvalue weighted by Gasteiger charge is -2.37. The van der Waals surface area contributed by atoms with Crippen molar-refractivity contribution in [3.05, 3.63) is 92.0 Å². The van der Waals surface area contributed by atoms with Crippen molar-refractivity contribution in [3.63, 3.8) is 0 Å². The monoisotopic (exact) mass is 727 g/mol. The average molecular weight is 728 g/mol. The van der Waals surface area contributed by atoms with E-state index >= 15 is 0 Å². The molecule has 1 atom stereocenters. The minimum atomic E-state index is -4.79. The van der Waals surface area contributed by atoms with Gasteiger partial charge in [-0.3, -0.25) is 19.1 Å². The number of pyridine rings is 1. The van der Waals surface area contributed by atoms with Gasteiger partial charge in [-0.25, -0.2) is 9.07 Å². The predicted molar refractivity (Wildman–Crippen MR) is 160 cm³/mol. The number of aromatic nitrogens is 5. The molecule has 10 nitrogen and oxygen atoms in total. The normalized spacial score (nSPS) is 14.4. The Morgan fingerprint density at radius 3 is 2.47 bits per heavy atom. The molecule has 1 aliphatic rings. The topological polar surface area (TPSA) is 107 Å². The first-order valence-corrected chi connectivity index (χ1v) is 15.0. The number of rotatable bonds is 9. The third-order valence-electron chi connectivity index (χ3n) is 7.70. The van der Waals surface area contributed by atoms with E-state index < -0.39 is 47.6 Å². The van der Waals surface area contributed by atoms with Crippen LogP contribution in [0.25, 0.3) is 11.3 Å². The number of carbonyl (C=O) groups is 2. The highest BCUT2D eigenvalue weighted by atomic mass is 79.9. The van der Waals surface area contributed by atoms with Crippen molar-refractivity contribution in [2.75, 3.05) is 6.54 Å². The maximum absolute atomic E-state index is 14.9. The van der Waals surface area contributed by atoms with Crippen molar-refractivity contribution in [1.82, 2.24) is 34.3 Å². The summed E-state index contributed by atoms with van der Waals surface area (Å²) in [5.74, 6) is -2.35. The Hall–Kier alpha value is -4.41. The number of halogens is 7. The molecule has 0 unspecified atom stereocenters. The van der Waals surface area contributed by atoms with Crippen molar-refractivity contribution in [1.29, 1.82) is 0 Å². The Morgan fingerprint density at radius 1 is 1.11 bits per heavy atom. The summed E-state index contributed by atoms with van der Waals surface area (Å²) in [6.07, 6.45) is -1.38. The molecule has 0 spiro atoms. The number of benzene rings is 1. The number of amides is 2. The zero-order valence-electron chi connectivity index (χ0n) is 25.2. The SMILES string of the molecule is Cn1cc(-c2cc(C(F)(F)F)nn2CC(C)(C)NC(=O)[C@@H](Cc2cnn(C(F)F)c2)N2CCc3c(Br)ccc(F)c3C2=O)ccc1=O. The van der Waals surface area contributed by atoms with Crippen LogP contribution in [0.4, 0.5) is 26.3 Å². The van der Waals surface area contributed by atoms with E-state index in [2.05, 4.69) is 31.4 Å². The molecule has 1 aromatic carbocycles. The summed E-state index contributed by atoms with van der Waals surface area (Å²) in [7, 11) is 1.44. The van der Waals surface area contributed by atoms with Gasteiger partial charge in [-0.2, -0.15) is 32.1 Å². The van der Waals surface area contributed by atoms with Gasteiger partial charge in [0.25, 0.3) is 5.91 Å². The van der Waals surface area contributed by atoms with Gasteiger partial charge in [0.05, 0.1) is 29.5 Å². The number of carbonyl (C=O) groups excluding carboxylic acids is 2. The lowest BCUT2D eigenvalue weighted by Crippen LogP contribution is -2.58. The summed E-state index contributed by atoms with van der Waals surface area (Å²) in [4.78, 5) is 40.7. The Balaban J connectivity index is 1.47. The first-order chi connectivity index (χ1) is 21.9. The molecule has 1 aliphatic heterocycles. The van der Waals surface area contributed by atoms with E-state index in [4.69, 9.17) is 0 Å². The molecular weight excluding hydrogens is 700 g/mol. The highest BCUT2D eigenvalue weighted by Gasteiger charge is 2.40. The molecule has 0 fully saturated rings. The quantitative estimate of drug-likeness (QED) is 0.245. The van der Waals surface area contributed by atoms with Crippen LogP contribution in [0.3, 0.4) is 0 Å². The van der Waals surface area contributed by atoms with Crippen LogP contribution in [-0.4, -0.2) is 59.0 Å². The lowest BCUT2D eigenvalue weighted by molar-refractivity contribution is -0.141. The van der Waals surface area contributed by atoms with Crippen LogP contribution in [0.2, 0.25) is 0 Å². The summed E-state index contributed by atoms with van der Waals surface area (Å²) >= 11 is 3.32. The van der Waals surface area contributed by atoms with E-state index in [0.29, 0.717) is 14.7 Å². The molecule has 1 N–H and O–H groups in total. The van der Waals surface area contributed by atoms with Gasteiger partial charge in [0, 0.05) is 48.5 Å². The minimum Gasteiger partial charge on any atom is -0.348 e. The summed E-state index contributed by atoms with van der Waals surface area (Å²) in [5.41, 5.74) is -2.22. The highest BCUT2D eigenvalue weighted by molar-refractivity contribution is 9.10. The molecule has 0 bridgehead atoms. The fourth-order valence-corrected chi connectivity index (χ4v) is 6.01. The van der Waals surface area contributed by atoms with E-state index in [-0.39, 0.29) is 53.9 Å². The van der Waals surface area contributed by atoms with E-state index in [1.165, 1.54) is 49.9 Å². The third kappa shape index (κ3) is 7.13. The van der Waals surface area contributed by atoms with Crippen molar-refractivity contribution in [2.45, 2.75) is 57.5 Å². The van der Waals surface area contributed by atoms with Crippen LogP contribution in [0.15, 0.2) is 58.2 Å².